The third-order valence-electron chi connectivity index (χ3n) is 5.09. The van der Waals surface area contributed by atoms with Gasteiger partial charge in [0.05, 0.1) is 13.2 Å². The lowest BCUT2D eigenvalue weighted by Crippen LogP contribution is -2.52. The molecular formula is C17H26N4O3S. The number of piperidine rings is 1. The number of carbonyl (C=O) groups is 2. The molecule has 0 spiro atoms. The van der Waals surface area contributed by atoms with Gasteiger partial charge in [-0.3, -0.25) is 4.79 Å². The minimum Gasteiger partial charge on any atom is -0.378 e. The summed E-state index contributed by atoms with van der Waals surface area (Å²) in [7, 11) is 0. The Bertz CT molecular complexity index is 574. The first kappa shape index (κ1) is 18.1. The van der Waals surface area contributed by atoms with Gasteiger partial charge in [0.15, 0.2) is 5.13 Å². The van der Waals surface area contributed by atoms with E-state index in [2.05, 4.69) is 17.2 Å². The first-order chi connectivity index (χ1) is 12.2. The Morgan fingerprint density at radius 3 is 2.76 bits per heavy atom. The maximum atomic E-state index is 12.7. The van der Waals surface area contributed by atoms with E-state index in [9.17, 15) is 9.59 Å². The molecule has 0 saturated carbocycles. The highest BCUT2D eigenvalue weighted by Gasteiger charge is 2.33. The summed E-state index contributed by atoms with van der Waals surface area (Å²) < 4.78 is 5.32. The van der Waals surface area contributed by atoms with Crippen molar-refractivity contribution in [3.05, 3.63) is 11.6 Å². The molecule has 2 aliphatic rings. The maximum Gasteiger partial charge on any atom is 0.320 e. The van der Waals surface area contributed by atoms with Crippen LogP contribution in [0.15, 0.2) is 11.6 Å². The van der Waals surface area contributed by atoms with E-state index in [1.165, 1.54) is 11.3 Å². The van der Waals surface area contributed by atoms with Gasteiger partial charge in [0.25, 0.3) is 0 Å². The van der Waals surface area contributed by atoms with Crippen molar-refractivity contribution in [2.45, 2.75) is 26.2 Å². The van der Waals surface area contributed by atoms with Gasteiger partial charge in [0, 0.05) is 44.2 Å². The van der Waals surface area contributed by atoms with Gasteiger partial charge >= 0.3 is 6.03 Å². The fourth-order valence-corrected chi connectivity index (χ4v) is 4.18. The lowest BCUT2D eigenvalue weighted by Gasteiger charge is -2.41. The van der Waals surface area contributed by atoms with Crippen LogP contribution in [0.3, 0.4) is 0 Å². The van der Waals surface area contributed by atoms with Gasteiger partial charge in [-0.05, 0) is 18.3 Å². The van der Waals surface area contributed by atoms with Gasteiger partial charge in [0.2, 0.25) is 5.91 Å². The maximum absolute atomic E-state index is 12.7. The smallest absolute Gasteiger partial charge is 0.320 e. The van der Waals surface area contributed by atoms with E-state index in [0.29, 0.717) is 49.7 Å². The normalized spacial score (nSPS) is 24.2. The van der Waals surface area contributed by atoms with Crippen LogP contribution < -0.4 is 5.32 Å². The summed E-state index contributed by atoms with van der Waals surface area (Å²) >= 11 is 1.43. The van der Waals surface area contributed by atoms with Crippen molar-refractivity contribution < 1.29 is 14.3 Å². The van der Waals surface area contributed by atoms with Crippen molar-refractivity contribution in [1.82, 2.24) is 14.8 Å². The van der Waals surface area contributed by atoms with E-state index in [4.69, 9.17) is 4.74 Å². The van der Waals surface area contributed by atoms with E-state index in [-0.39, 0.29) is 11.9 Å². The van der Waals surface area contributed by atoms with E-state index in [0.717, 1.165) is 25.9 Å². The molecule has 0 aliphatic carbocycles. The number of rotatable bonds is 4. The molecule has 0 bridgehead atoms. The van der Waals surface area contributed by atoms with Crippen LogP contribution in [0.4, 0.5) is 9.93 Å². The quantitative estimate of drug-likeness (QED) is 0.887. The summed E-state index contributed by atoms with van der Waals surface area (Å²) in [6.45, 7) is 6.19. The molecule has 25 heavy (non-hydrogen) atoms. The number of urea groups is 1. The minimum atomic E-state index is 0.0198. The second-order valence-corrected chi connectivity index (χ2v) is 7.53. The van der Waals surface area contributed by atoms with Crippen molar-refractivity contribution in [2.75, 3.05) is 44.7 Å². The topological polar surface area (TPSA) is 74.8 Å². The number of hydrogen-bond donors (Lipinski definition) is 1. The van der Waals surface area contributed by atoms with Crippen molar-refractivity contribution in [3.63, 3.8) is 0 Å². The van der Waals surface area contributed by atoms with Crippen molar-refractivity contribution in [1.29, 1.82) is 0 Å². The summed E-state index contributed by atoms with van der Waals surface area (Å²) in [5.41, 5.74) is 0. The van der Waals surface area contributed by atoms with Gasteiger partial charge in [-0.25, -0.2) is 9.78 Å². The third kappa shape index (κ3) is 4.70. The van der Waals surface area contributed by atoms with Crippen molar-refractivity contribution in [2.24, 2.45) is 11.8 Å². The summed E-state index contributed by atoms with van der Waals surface area (Å²) in [4.78, 5) is 32.8. The minimum absolute atomic E-state index is 0.0198. The zero-order valence-electron chi connectivity index (χ0n) is 14.6. The summed E-state index contributed by atoms with van der Waals surface area (Å²) in [5, 5.41) is 5.36. The van der Waals surface area contributed by atoms with Crippen LogP contribution in [-0.4, -0.2) is 66.1 Å². The molecule has 0 radical (unpaired) electrons. The molecule has 138 valence electrons. The molecule has 2 aliphatic heterocycles. The monoisotopic (exact) mass is 366 g/mol. The molecule has 2 atom stereocenters. The van der Waals surface area contributed by atoms with E-state index >= 15 is 0 Å². The average Bonchev–Trinajstić information content (AvgIpc) is 3.15. The van der Waals surface area contributed by atoms with Gasteiger partial charge < -0.3 is 19.9 Å². The number of nitrogens with zero attached hydrogens (tertiary/aromatic N) is 3. The van der Waals surface area contributed by atoms with E-state index < -0.39 is 0 Å². The molecule has 0 aromatic carbocycles. The molecule has 3 amide bonds. The Morgan fingerprint density at radius 2 is 2.08 bits per heavy atom. The Morgan fingerprint density at radius 1 is 1.28 bits per heavy atom. The van der Waals surface area contributed by atoms with Crippen LogP contribution in [-0.2, 0) is 9.53 Å². The number of morpholine rings is 1. The second kappa shape index (κ2) is 8.62. The molecule has 2 unspecified atom stereocenters. The summed E-state index contributed by atoms with van der Waals surface area (Å²) in [6.07, 6.45) is 4.03. The third-order valence-corrected chi connectivity index (χ3v) is 5.78. The Balaban J connectivity index is 1.52. The molecule has 2 fully saturated rings. The van der Waals surface area contributed by atoms with Gasteiger partial charge in [-0.1, -0.05) is 13.3 Å². The number of ether oxygens (including phenoxy) is 1. The first-order valence-electron chi connectivity index (χ1n) is 8.98. The molecule has 8 heteroatoms. The molecule has 2 saturated heterocycles. The van der Waals surface area contributed by atoms with Crippen LogP contribution >= 0.6 is 11.3 Å². The highest BCUT2D eigenvalue weighted by Crippen LogP contribution is 2.30. The molecule has 1 aromatic rings. The standard InChI is InChI=1S/C17H26N4O3S/c1-2-13-12-21(17(23)20-6-8-24-9-7-20)5-3-14(13)11-15(22)19-16-18-4-10-25-16/h4,10,13-14H,2-3,5-9,11-12H2,1H3,(H,18,19,22). The Kier molecular flexibility index (Phi) is 6.25. The van der Waals surface area contributed by atoms with E-state index in [1.807, 2.05) is 15.2 Å². The highest BCUT2D eigenvalue weighted by atomic mass is 32.1. The predicted octanol–water partition coefficient (Wildman–Crippen LogP) is 2.27. The molecule has 7 nitrogen and oxygen atoms in total. The van der Waals surface area contributed by atoms with Crippen LogP contribution in [0, 0.1) is 11.8 Å². The molecule has 1 aromatic heterocycles. The molecular weight excluding hydrogens is 340 g/mol. The van der Waals surface area contributed by atoms with Crippen LogP contribution in [0.5, 0.6) is 0 Å². The molecule has 1 N–H and O–H groups in total. The number of likely N-dealkylation sites (tertiary alicyclic amines) is 1. The van der Waals surface area contributed by atoms with E-state index in [1.54, 1.807) is 6.20 Å². The molecule has 3 rings (SSSR count). The fraction of sp³-hybridized carbons (Fsp3) is 0.706. The number of aromatic nitrogens is 1. The van der Waals surface area contributed by atoms with Crippen LogP contribution in [0.25, 0.3) is 0 Å². The summed E-state index contributed by atoms with van der Waals surface area (Å²) in [5.74, 6) is 0.700. The zero-order chi connectivity index (χ0) is 17.6. The van der Waals surface area contributed by atoms with Crippen molar-refractivity contribution >= 4 is 28.4 Å². The fourth-order valence-electron chi connectivity index (χ4n) is 3.63. The van der Waals surface area contributed by atoms with Crippen LogP contribution in [0.1, 0.15) is 26.2 Å². The van der Waals surface area contributed by atoms with Gasteiger partial charge in [0.1, 0.15) is 0 Å². The average molecular weight is 366 g/mol. The SMILES string of the molecule is CCC1CN(C(=O)N2CCOCC2)CCC1CC(=O)Nc1nccs1. The lowest BCUT2D eigenvalue weighted by atomic mass is 9.81. The second-order valence-electron chi connectivity index (χ2n) is 6.63. The Labute approximate surface area is 152 Å². The van der Waals surface area contributed by atoms with Gasteiger partial charge in [-0.15, -0.1) is 11.3 Å². The number of thiazole rings is 1. The van der Waals surface area contributed by atoms with Crippen LogP contribution in [0.2, 0.25) is 0 Å². The Hall–Kier alpha value is -1.67. The molecule has 3 heterocycles. The number of nitrogens with one attached hydrogen (secondary N) is 1. The van der Waals surface area contributed by atoms with Crippen molar-refractivity contribution in [3.8, 4) is 0 Å². The number of anilines is 1. The van der Waals surface area contributed by atoms with Gasteiger partial charge in [-0.2, -0.15) is 0 Å². The number of amides is 3. The predicted molar refractivity (Wildman–Crippen MR) is 96.6 cm³/mol. The largest absolute Gasteiger partial charge is 0.378 e. The summed E-state index contributed by atoms with van der Waals surface area (Å²) in [6, 6.07) is 0.118. The zero-order valence-corrected chi connectivity index (χ0v) is 15.5. The first-order valence-corrected chi connectivity index (χ1v) is 9.86. The number of hydrogen-bond acceptors (Lipinski definition) is 5. The lowest BCUT2D eigenvalue weighted by molar-refractivity contribution is -0.117. The number of carbonyl (C=O) groups excluding carboxylic acids is 2. The highest BCUT2D eigenvalue weighted by molar-refractivity contribution is 7.13.